The molecule has 1 amide bonds. The van der Waals surface area contributed by atoms with Gasteiger partial charge in [0, 0.05) is 6.26 Å². The van der Waals surface area contributed by atoms with Gasteiger partial charge in [0.2, 0.25) is 6.39 Å². The Balaban J connectivity index is 2.48. The molecular weight excluding hydrogens is 347 g/mol. The standard InChI is InChI=1S/C11H7ClF3N3O3S/c1-22(20)8-6(11(13,14)15)3-2-5(7(8)12)9(19)17-10-18-16-4-21-10/h2-4H,1H3,(H,17,18,19)/t22-/m1/s1. The predicted octanol–water partition coefficient (Wildman–Crippen LogP) is 2.73. The first kappa shape index (κ1) is 16.4. The third kappa shape index (κ3) is 3.28. The fourth-order valence-electron chi connectivity index (χ4n) is 1.63. The Kier molecular flexibility index (Phi) is 4.52. The molecule has 0 aliphatic carbocycles. The number of aromatic nitrogens is 2. The third-order valence-electron chi connectivity index (χ3n) is 2.52. The van der Waals surface area contributed by atoms with Crippen molar-refractivity contribution in [3.63, 3.8) is 0 Å². The van der Waals surface area contributed by atoms with Crippen LogP contribution in [0.1, 0.15) is 15.9 Å². The van der Waals surface area contributed by atoms with Gasteiger partial charge in [-0.3, -0.25) is 14.3 Å². The van der Waals surface area contributed by atoms with Crippen molar-refractivity contribution in [3.8, 4) is 0 Å². The summed E-state index contributed by atoms with van der Waals surface area (Å²) in [6.45, 7) is 0. The first-order valence-electron chi connectivity index (χ1n) is 5.52. The van der Waals surface area contributed by atoms with E-state index in [1.807, 2.05) is 0 Å². The number of carbonyl (C=O) groups excluding carboxylic acids is 1. The van der Waals surface area contributed by atoms with Gasteiger partial charge in [-0.2, -0.15) is 13.2 Å². The number of hydrogen-bond acceptors (Lipinski definition) is 5. The van der Waals surface area contributed by atoms with Gasteiger partial charge in [0.05, 0.1) is 31.8 Å². The van der Waals surface area contributed by atoms with Gasteiger partial charge in [-0.1, -0.05) is 16.7 Å². The molecule has 0 fully saturated rings. The van der Waals surface area contributed by atoms with Crippen LogP contribution in [0.2, 0.25) is 5.02 Å². The normalized spacial score (nSPS) is 13.0. The van der Waals surface area contributed by atoms with E-state index in [9.17, 15) is 22.2 Å². The number of carbonyl (C=O) groups is 1. The van der Waals surface area contributed by atoms with Crippen molar-refractivity contribution < 1.29 is 26.6 Å². The number of anilines is 1. The number of rotatable bonds is 3. The molecular formula is C11H7ClF3N3O3S. The fraction of sp³-hybridized carbons (Fsp3) is 0.182. The maximum absolute atomic E-state index is 12.9. The smallest absolute Gasteiger partial charge is 0.411 e. The maximum atomic E-state index is 12.9. The molecule has 1 aromatic heterocycles. The molecule has 0 saturated carbocycles. The Hall–Kier alpha value is -1.94. The van der Waals surface area contributed by atoms with Crippen molar-refractivity contribution in [2.75, 3.05) is 11.6 Å². The topological polar surface area (TPSA) is 85.1 Å². The van der Waals surface area contributed by atoms with E-state index in [-0.39, 0.29) is 11.6 Å². The minimum atomic E-state index is -4.74. The van der Waals surface area contributed by atoms with Gasteiger partial charge in [-0.25, -0.2) is 0 Å². The fourth-order valence-corrected chi connectivity index (χ4v) is 3.06. The molecule has 0 saturated heterocycles. The Morgan fingerprint density at radius 3 is 2.59 bits per heavy atom. The number of nitrogens with one attached hydrogen (secondary N) is 1. The molecule has 1 atom stereocenters. The summed E-state index contributed by atoms with van der Waals surface area (Å²) < 4.78 is 55.0. The highest BCUT2D eigenvalue weighted by Crippen LogP contribution is 2.38. The van der Waals surface area contributed by atoms with Crippen LogP contribution in [0, 0.1) is 0 Å². The maximum Gasteiger partial charge on any atom is 0.417 e. The largest absolute Gasteiger partial charge is 0.417 e. The van der Waals surface area contributed by atoms with Gasteiger partial charge < -0.3 is 4.42 Å². The monoisotopic (exact) mass is 353 g/mol. The molecule has 0 bridgehead atoms. The zero-order chi connectivity index (χ0) is 16.5. The summed E-state index contributed by atoms with van der Waals surface area (Å²) in [7, 11) is -2.05. The van der Waals surface area contributed by atoms with E-state index in [1.165, 1.54) is 0 Å². The van der Waals surface area contributed by atoms with Crippen LogP contribution in [-0.4, -0.2) is 26.6 Å². The summed E-state index contributed by atoms with van der Waals surface area (Å²) in [5.74, 6) is -0.866. The molecule has 1 N–H and O–H groups in total. The summed E-state index contributed by atoms with van der Waals surface area (Å²) in [4.78, 5) is 11.3. The molecule has 0 radical (unpaired) electrons. The first-order valence-corrected chi connectivity index (χ1v) is 7.46. The number of nitrogens with zero attached hydrogens (tertiary/aromatic N) is 2. The van der Waals surface area contributed by atoms with Crippen LogP contribution in [-0.2, 0) is 17.0 Å². The molecule has 0 aliphatic rings. The quantitative estimate of drug-likeness (QED) is 0.917. The van der Waals surface area contributed by atoms with Crippen LogP contribution >= 0.6 is 11.6 Å². The zero-order valence-electron chi connectivity index (χ0n) is 10.8. The molecule has 22 heavy (non-hydrogen) atoms. The van der Waals surface area contributed by atoms with E-state index >= 15 is 0 Å². The number of halogens is 4. The van der Waals surface area contributed by atoms with Crippen LogP contribution in [0.4, 0.5) is 19.2 Å². The van der Waals surface area contributed by atoms with Crippen molar-refractivity contribution >= 4 is 34.3 Å². The minimum absolute atomic E-state index is 0.250. The lowest BCUT2D eigenvalue weighted by molar-refractivity contribution is -0.139. The van der Waals surface area contributed by atoms with Crippen molar-refractivity contribution in [1.82, 2.24) is 10.2 Å². The van der Waals surface area contributed by atoms with E-state index in [0.29, 0.717) is 6.07 Å². The molecule has 11 heteroatoms. The Bertz CT molecular complexity index is 734. The van der Waals surface area contributed by atoms with Gasteiger partial charge in [0.15, 0.2) is 0 Å². The Morgan fingerprint density at radius 2 is 2.09 bits per heavy atom. The van der Waals surface area contributed by atoms with Crippen LogP contribution in [0.3, 0.4) is 0 Å². The number of amides is 1. The number of alkyl halides is 3. The van der Waals surface area contributed by atoms with Gasteiger partial charge in [-0.15, -0.1) is 5.10 Å². The predicted molar refractivity (Wildman–Crippen MR) is 71.0 cm³/mol. The molecule has 2 rings (SSSR count). The van der Waals surface area contributed by atoms with Gasteiger partial charge >= 0.3 is 12.2 Å². The molecule has 2 aromatic rings. The van der Waals surface area contributed by atoms with Crippen LogP contribution in [0.5, 0.6) is 0 Å². The van der Waals surface area contributed by atoms with Crippen molar-refractivity contribution in [2.45, 2.75) is 11.1 Å². The molecule has 0 unspecified atom stereocenters. The van der Waals surface area contributed by atoms with Crippen molar-refractivity contribution in [3.05, 3.63) is 34.7 Å². The molecule has 0 spiro atoms. The van der Waals surface area contributed by atoms with E-state index < -0.39 is 38.4 Å². The summed E-state index contributed by atoms with van der Waals surface area (Å²) in [5.41, 5.74) is -1.45. The van der Waals surface area contributed by atoms with E-state index in [2.05, 4.69) is 19.9 Å². The van der Waals surface area contributed by atoms with Gasteiger partial charge in [-0.05, 0) is 12.1 Å². The molecule has 1 heterocycles. The van der Waals surface area contributed by atoms with E-state index in [4.69, 9.17) is 11.6 Å². The first-order chi connectivity index (χ1) is 10.2. The van der Waals surface area contributed by atoms with Crippen molar-refractivity contribution in [1.29, 1.82) is 0 Å². The Labute approximate surface area is 129 Å². The zero-order valence-corrected chi connectivity index (χ0v) is 12.3. The van der Waals surface area contributed by atoms with E-state index in [0.717, 1.165) is 18.7 Å². The van der Waals surface area contributed by atoms with Gasteiger partial charge in [0.25, 0.3) is 5.91 Å². The highest BCUT2D eigenvalue weighted by Gasteiger charge is 2.36. The number of hydrogen-bond donors (Lipinski definition) is 1. The SMILES string of the molecule is C[S@@](=O)c1c(C(F)(F)F)ccc(C(=O)Nc2nnco2)c1Cl. The molecule has 118 valence electrons. The van der Waals surface area contributed by atoms with E-state index in [1.54, 1.807) is 0 Å². The van der Waals surface area contributed by atoms with Crippen molar-refractivity contribution in [2.24, 2.45) is 0 Å². The summed E-state index contributed by atoms with van der Waals surface area (Å²) in [6.07, 6.45) is -2.75. The highest BCUT2D eigenvalue weighted by atomic mass is 35.5. The van der Waals surface area contributed by atoms with Crippen LogP contribution in [0.25, 0.3) is 0 Å². The summed E-state index contributed by atoms with van der Waals surface area (Å²) >= 11 is 5.83. The lowest BCUT2D eigenvalue weighted by Gasteiger charge is -2.14. The average molecular weight is 354 g/mol. The second-order valence-corrected chi connectivity index (χ2v) is 5.65. The summed E-state index contributed by atoms with van der Waals surface area (Å²) in [5, 5.41) is 8.33. The number of benzene rings is 1. The lowest BCUT2D eigenvalue weighted by Crippen LogP contribution is -2.16. The third-order valence-corrected chi connectivity index (χ3v) is 4.02. The highest BCUT2D eigenvalue weighted by molar-refractivity contribution is 7.84. The minimum Gasteiger partial charge on any atom is -0.411 e. The molecule has 0 aliphatic heterocycles. The Morgan fingerprint density at radius 1 is 1.41 bits per heavy atom. The van der Waals surface area contributed by atoms with Crippen LogP contribution in [0.15, 0.2) is 27.8 Å². The molecule has 6 nitrogen and oxygen atoms in total. The second kappa shape index (κ2) is 6.05. The van der Waals surface area contributed by atoms with Crippen LogP contribution < -0.4 is 5.32 Å². The molecule has 1 aromatic carbocycles. The van der Waals surface area contributed by atoms with Gasteiger partial charge in [0.1, 0.15) is 0 Å². The second-order valence-electron chi connectivity index (χ2n) is 3.95. The lowest BCUT2D eigenvalue weighted by atomic mass is 10.1. The summed E-state index contributed by atoms with van der Waals surface area (Å²) in [6, 6.07) is 1.28. The average Bonchev–Trinajstić information content (AvgIpc) is 2.89.